The number of hydrogen-bond donors (Lipinski definition) is 1. The summed E-state index contributed by atoms with van der Waals surface area (Å²) in [4.78, 5) is 2.20. The molecule has 0 aromatic carbocycles. The van der Waals surface area contributed by atoms with Crippen LogP contribution in [0.4, 0.5) is 0 Å². The molecule has 1 radical (unpaired) electrons. The van der Waals surface area contributed by atoms with Crippen molar-refractivity contribution in [3.63, 3.8) is 0 Å². The Morgan fingerprint density at radius 3 is 2.15 bits per heavy atom. The molecule has 0 aromatic heterocycles. The zero-order valence-electron chi connectivity index (χ0n) is 8.70. The molecule has 0 saturated carbocycles. The predicted octanol–water partition coefficient (Wildman–Crippen LogP) is 0.995. The van der Waals surface area contributed by atoms with Crippen molar-refractivity contribution in [2.24, 2.45) is 5.73 Å². The Bertz CT molecular complexity index is 138. The van der Waals surface area contributed by atoms with E-state index >= 15 is 0 Å². The first kappa shape index (κ1) is 11.0. The molecule has 0 bridgehead atoms. The number of nitrogens with zero attached hydrogens (tertiary/aromatic N) is 1. The van der Waals surface area contributed by atoms with Gasteiger partial charge in [0, 0.05) is 13.1 Å². The first-order chi connectivity index (χ1) is 6.17. The van der Waals surface area contributed by atoms with E-state index in [2.05, 4.69) is 25.7 Å². The fourth-order valence-electron chi connectivity index (χ4n) is 1.68. The summed E-state index contributed by atoms with van der Waals surface area (Å²) in [6.45, 7) is 10.0. The number of hydrogen-bond acceptors (Lipinski definition) is 3. The number of nitrogens with two attached hydrogens (primary N) is 1. The van der Waals surface area contributed by atoms with Crippen molar-refractivity contribution in [1.82, 2.24) is 4.90 Å². The van der Waals surface area contributed by atoms with Crippen LogP contribution in [0.15, 0.2) is 0 Å². The zero-order valence-corrected chi connectivity index (χ0v) is 8.70. The molecule has 1 aliphatic rings. The average molecular weight is 185 g/mol. The molecule has 0 spiro atoms. The monoisotopic (exact) mass is 185 g/mol. The van der Waals surface area contributed by atoms with Crippen LogP contribution in [-0.2, 0) is 4.74 Å². The maximum atomic E-state index is 5.84. The van der Waals surface area contributed by atoms with Crippen molar-refractivity contribution in [3.8, 4) is 0 Å². The van der Waals surface area contributed by atoms with E-state index in [1.54, 1.807) is 0 Å². The summed E-state index contributed by atoms with van der Waals surface area (Å²) >= 11 is 0. The molecule has 0 amide bonds. The van der Waals surface area contributed by atoms with E-state index in [0.29, 0.717) is 12.2 Å². The van der Waals surface area contributed by atoms with Gasteiger partial charge >= 0.3 is 0 Å². The first-order valence-corrected chi connectivity index (χ1v) is 5.15. The molecule has 1 heterocycles. The molecule has 0 aromatic rings. The van der Waals surface area contributed by atoms with Crippen LogP contribution in [-0.4, -0.2) is 36.4 Å². The highest BCUT2D eigenvalue weighted by atomic mass is 16.5. The first-order valence-electron chi connectivity index (χ1n) is 5.15. The van der Waals surface area contributed by atoms with Crippen LogP contribution in [0, 0.1) is 6.92 Å². The van der Waals surface area contributed by atoms with Gasteiger partial charge in [-0.15, -0.1) is 0 Å². The molecule has 3 nitrogen and oxygen atoms in total. The minimum Gasteiger partial charge on any atom is -0.372 e. The average Bonchev–Trinajstić information content (AvgIpc) is 2.16. The molecule has 77 valence electrons. The number of rotatable bonds is 3. The van der Waals surface area contributed by atoms with E-state index in [-0.39, 0.29) is 6.17 Å². The molecule has 0 aliphatic carbocycles. The number of morpholine rings is 1. The fraction of sp³-hybridized carbons (Fsp3) is 0.900. The van der Waals surface area contributed by atoms with Crippen LogP contribution >= 0.6 is 0 Å². The van der Waals surface area contributed by atoms with Crippen LogP contribution in [0.1, 0.15) is 26.7 Å². The maximum Gasteiger partial charge on any atom is 0.0704 e. The van der Waals surface area contributed by atoms with Crippen LogP contribution in [0.25, 0.3) is 0 Å². The molecular formula is C10H21N2O. The van der Waals surface area contributed by atoms with Gasteiger partial charge in [0.25, 0.3) is 0 Å². The van der Waals surface area contributed by atoms with Gasteiger partial charge in [-0.05, 0) is 19.8 Å². The van der Waals surface area contributed by atoms with E-state index in [1.165, 1.54) is 0 Å². The summed E-state index contributed by atoms with van der Waals surface area (Å²) in [6, 6.07) is 0. The minimum absolute atomic E-state index is 0.0907. The summed E-state index contributed by atoms with van der Waals surface area (Å²) in [5.74, 6) is 0. The lowest BCUT2D eigenvalue weighted by atomic mass is 10.1. The van der Waals surface area contributed by atoms with Gasteiger partial charge in [0.05, 0.1) is 18.4 Å². The van der Waals surface area contributed by atoms with Crippen molar-refractivity contribution in [2.75, 3.05) is 13.1 Å². The smallest absolute Gasteiger partial charge is 0.0704 e. The maximum absolute atomic E-state index is 5.84. The highest BCUT2D eigenvalue weighted by molar-refractivity contribution is 4.80. The van der Waals surface area contributed by atoms with Crippen molar-refractivity contribution in [1.29, 1.82) is 0 Å². The van der Waals surface area contributed by atoms with Gasteiger partial charge in [0.15, 0.2) is 0 Å². The summed E-state index contributed by atoms with van der Waals surface area (Å²) in [5.41, 5.74) is 5.76. The summed E-state index contributed by atoms with van der Waals surface area (Å²) in [6.07, 6.45) is 2.70. The lowest BCUT2D eigenvalue weighted by Gasteiger charge is -2.39. The second kappa shape index (κ2) is 4.94. The molecular weight excluding hydrogens is 164 g/mol. The van der Waals surface area contributed by atoms with E-state index in [0.717, 1.165) is 25.9 Å². The van der Waals surface area contributed by atoms with E-state index in [9.17, 15) is 0 Å². The van der Waals surface area contributed by atoms with Crippen molar-refractivity contribution < 1.29 is 4.74 Å². The second-order valence-corrected chi connectivity index (χ2v) is 3.72. The standard InChI is InChI=1S/C10H21N2O/c1-4-9-6-12(8(3)11)7-10(5-2)13-9/h8-10H,3-7,11H2,1-2H3. The summed E-state index contributed by atoms with van der Waals surface area (Å²) in [5, 5.41) is 0. The Morgan fingerprint density at radius 1 is 1.38 bits per heavy atom. The molecule has 2 N–H and O–H groups in total. The Hall–Kier alpha value is -0.120. The lowest BCUT2D eigenvalue weighted by Crippen LogP contribution is -2.53. The Kier molecular flexibility index (Phi) is 4.16. The highest BCUT2D eigenvalue weighted by Gasteiger charge is 2.26. The van der Waals surface area contributed by atoms with Crippen molar-refractivity contribution in [3.05, 3.63) is 6.92 Å². The van der Waals surface area contributed by atoms with Crippen LogP contribution in [0.3, 0.4) is 0 Å². The van der Waals surface area contributed by atoms with Gasteiger partial charge < -0.3 is 10.5 Å². The molecule has 1 saturated heterocycles. The third kappa shape index (κ3) is 2.93. The molecule has 3 atom stereocenters. The number of ether oxygens (including phenoxy) is 1. The van der Waals surface area contributed by atoms with Crippen LogP contribution < -0.4 is 5.73 Å². The van der Waals surface area contributed by atoms with Gasteiger partial charge in [-0.2, -0.15) is 0 Å². The van der Waals surface area contributed by atoms with Crippen molar-refractivity contribution in [2.45, 2.75) is 45.1 Å². The zero-order chi connectivity index (χ0) is 9.84. The highest BCUT2D eigenvalue weighted by Crippen LogP contribution is 2.16. The molecule has 3 heteroatoms. The quantitative estimate of drug-likeness (QED) is 0.712. The Balaban J connectivity index is 2.49. The predicted molar refractivity (Wildman–Crippen MR) is 54.1 cm³/mol. The van der Waals surface area contributed by atoms with Crippen LogP contribution in [0.2, 0.25) is 0 Å². The molecule has 3 unspecified atom stereocenters. The third-order valence-electron chi connectivity index (χ3n) is 2.64. The minimum atomic E-state index is -0.0907. The van der Waals surface area contributed by atoms with Gasteiger partial charge in [-0.25, -0.2) is 0 Å². The van der Waals surface area contributed by atoms with Gasteiger partial charge in [0.2, 0.25) is 0 Å². The topological polar surface area (TPSA) is 38.5 Å². The van der Waals surface area contributed by atoms with E-state index in [4.69, 9.17) is 10.5 Å². The molecule has 13 heavy (non-hydrogen) atoms. The van der Waals surface area contributed by atoms with Crippen LogP contribution in [0.5, 0.6) is 0 Å². The normalized spacial score (nSPS) is 33.2. The second-order valence-electron chi connectivity index (χ2n) is 3.72. The summed E-state index contributed by atoms with van der Waals surface area (Å²) in [7, 11) is 0. The molecule has 1 fully saturated rings. The molecule has 1 aliphatic heterocycles. The van der Waals surface area contributed by atoms with E-state index in [1.807, 2.05) is 0 Å². The Labute approximate surface area is 81.2 Å². The fourth-order valence-corrected chi connectivity index (χ4v) is 1.68. The molecule has 1 rings (SSSR count). The lowest BCUT2D eigenvalue weighted by molar-refractivity contribution is -0.0933. The van der Waals surface area contributed by atoms with Gasteiger partial charge in [-0.3, -0.25) is 4.90 Å². The van der Waals surface area contributed by atoms with Crippen molar-refractivity contribution >= 4 is 0 Å². The largest absolute Gasteiger partial charge is 0.372 e. The van der Waals surface area contributed by atoms with Gasteiger partial charge in [0.1, 0.15) is 0 Å². The third-order valence-corrected chi connectivity index (χ3v) is 2.64. The van der Waals surface area contributed by atoms with Gasteiger partial charge in [-0.1, -0.05) is 13.8 Å². The summed E-state index contributed by atoms with van der Waals surface area (Å²) < 4.78 is 5.84. The Morgan fingerprint density at radius 2 is 1.85 bits per heavy atom. The SMILES string of the molecule is [CH2]C(N)N1CC(CC)OC(CC)C1. The van der Waals surface area contributed by atoms with E-state index < -0.39 is 0 Å².